The van der Waals surface area contributed by atoms with Crippen LogP contribution in [0.5, 0.6) is 5.75 Å². The van der Waals surface area contributed by atoms with E-state index < -0.39 is 10.0 Å². The molecule has 0 spiro atoms. The molecule has 5 nitrogen and oxygen atoms in total. The second-order valence-corrected chi connectivity index (χ2v) is 6.29. The first-order valence-corrected chi connectivity index (χ1v) is 7.56. The molecule has 0 amide bonds. The molecular weight excluding hydrogens is 288 g/mol. The SMILES string of the molecule is Cl.NCc1cc(C2CCCC2)cc(S(N)(=O)=O)c1O. The Morgan fingerprint density at radius 3 is 2.32 bits per heavy atom. The summed E-state index contributed by atoms with van der Waals surface area (Å²) in [5.41, 5.74) is 6.88. The average molecular weight is 307 g/mol. The van der Waals surface area contributed by atoms with E-state index >= 15 is 0 Å². The summed E-state index contributed by atoms with van der Waals surface area (Å²) in [6.45, 7) is 0.0922. The van der Waals surface area contributed by atoms with Gasteiger partial charge in [-0.2, -0.15) is 0 Å². The minimum Gasteiger partial charge on any atom is -0.506 e. The van der Waals surface area contributed by atoms with Crippen LogP contribution in [0.25, 0.3) is 0 Å². The van der Waals surface area contributed by atoms with Gasteiger partial charge in [0.2, 0.25) is 10.0 Å². The third-order valence-corrected chi connectivity index (χ3v) is 4.45. The number of hydrogen-bond donors (Lipinski definition) is 3. The molecule has 0 atom stereocenters. The maximum Gasteiger partial charge on any atom is 0.241 e. The monoisotopic (exact) mass is 306 g/mol. The fourth-order valence-electron chi connectivity index (χ4n) is 2.56. The highest BCUT2D eigenvalue weighted by atomic mass is 35.5. The third kappa shape index (κ3) is 3.39. The van der Waals surface area contributed by atoms with Crippen LogP contribution in [0, 0.1) is 0 Å². The number of sulfonamides is 1. The third-order valence-electron chi connectivity index (χ3n) is 3.53. The molecule has 1 aliphatic carbocycles. The molecule has 0 unspecified atom stereocenters. The summed E-state index contributed by atoms with van der Waals surface area (Å²) in [5, 5.41) is 15.0. The van der Waals surface area contributed by atoms with Gasteiger partial charge in [-0.15, -0.1) is 12.4 Å². The van der Waals surface area contributed by atoms with E-state index in [2.05, 4.69) is 0 Å². The van der Waals surface area contributed by atoms with Gasteiger partial charge < -0.3 is 10.8 Å². The number of aromatic hydroxyl groups is 1. The molecule has 7 heteroatoms. The Labute approximate surface area is 119 Å². The molecule has 0 heterocycles. The fraction of sp³-hybridized carbons (Fsp3) is 0.500. The van der Waals surface area contributed by atoms with Crippen molar-refractivity contribution in [3.8, 4) is 5.75 Å². The Kier molecular flexibility index (Phi) is 5.20. The summed E-state index contributed by atoms with van der Waals surface area (Å²) in [5.74, 6) is 0.0261. The van der Waals surface area contributed by atoms with Gasteiger partial charge in [-0.1, -0.05) is 18.9 Å². The van der Waals surface area contributed by atoms with Crippen molar-refractivity contribution >= 4 is 22.4 Å². The van der Waals surface area contributed by atoms with E-state index in [0.717, 1.165) is 31.2 Å². The van der Waals surface area contributed by atoms with Crippen molar-refractivity contribution in [2.45, 2.75) is 43.0 Å². The van der Waals surface area contributed by atoms with Crippen molar-refractivity contribution in [3.63, 3.8) is 0 Å². The predicted octanol–water partition coefficient (Wildman–Crippen LogP) is 1.58. The highest BCUT2D eigenvalue weighted by molar-refractivity contribution is 7.89. The molecule has 0 radical (unpaired) electrons. The molecule has 1 aromatic carbocycles. The van der Waals surface area contributed by atoms with Gasteiger partial charge in [0.05, 0.1) is 0 Å². The van der Waals surface area contributed by atoms with Gasteiger partial charge in [0.25, 0.3) is 0 Å². The van der Waals surface area contributed by atoms with E-state index in [1.807, 2.05) is 0 Å². The molecule has 0 aliphatic heterocycles. The molecule has 5 N–H and O–H groups in total. The number of halogens is 1. The lowest BCUT2D eigenvalue weighted by Crippen LogP contribution is -2.14. The Hall–Kier alpha value is -0.820. The van der Waals surface area contributed by atoms with E-state index in [9.17, 15) is 13.5 Å². The van der Waals surface area contributed by atoms with E-state index in [-0.39, 0.29) is 29.6 Å². The molecule has 1 aromatic rings. The molecule has 19 heavy (non-hydrogen) atoms. The Balaban J connectivity index is 0.00000180. The fourth-order valence-corrected chi connectivity index (χ4v) is 3.26. The number of hydrogen-bond acceptors (Lipinski definition) is 4. The van der Waals surface area contributed by atoms with Crippen LogP contribution in [-0.2, 0) is 16.6 Å². The summed E-state index contributed by atoms with van der Waals surface area (Å²) in [4.78, 5) is -0.215. The van der Waals surface area contributed by atoms with Gasteiger partial charge in [0, 0.05) is 12.1 Å². The van der Waals surface area contributed by atoms with Crippen molar-refractivity contribution < 1.29 is 13.5 Å². The van der Waals surface area contributed by atoms with Gasteiger partial charge in [0.15, 0.2) is 0 Å². The lowest BCUT2D eigenvalue weighted by Gasteiger charge is -2.15. The summed E-state index contributed by atoms with van der Waals surface area (Å²) >= 11 is 0. The van der Waals surface area contributed by atoms with Crippen LogP contribution in [0.4, 0.5) is 0 Å². The molecular formula is C12H19ClN2O3S. The quantitative estimate of drug-likeness (QED) is 0.788. The Morgan fingerprint density at radius 2 is 1.84 bits per heavy atom. The molecule has 0 saturated heterocycles. The molecule has 0 aromatic heterocycles. The highest BCUT2D eigenvalue weighted by Crippen LogP contribution is 2.38. The summed E-state index contributed by atoms with van der Waals surface area (Å²) < 4.78 is 22.9. The van der Waals surface area contributed by atoms with Crippen LogP contribution in [0.1, 0.15) is 42.7 Å². The number of rotatable bonds is 3. The van der Waals surface area contributed by atoms with E-state index in [4.69, 9.17) is 10.9 Å². The molecule has 108 valence electrons. The Morgan fingerprint density at radius 1 is 1.26 bits per heavy atom. The number of primary sulfonamides is 1. The second kappa shape index (κ2) is 6.09. The van der Waals surface area contributed by atoms with Gasteiger partial charge in [-0.05, 0) is 30.4 Å². The first kappa shape index (κ1) is 16.2. The van der Waals surface area contributed by atoms with Gasteiger partial charge in [-0.3, -0.25) is 0 Å². The minimum atomic E-state index is -3.92. The molecule has 1 aliphatic rings. The van der Waals surface area contributed by atoms with Crippen LogP contribution < -0.4 is 10.9 Å². The smallest absolute Gasteiger partial charge is 0.241 e. The maximum absolute atomic E-state index is 11.5. The van der Waals surface area contributed by atoms with Crippen LogP contribution in [0.2, 0.25) is 0 Å². The summed E-state index contributed by atoms with van der Waals surface area (Å²) in [6, 6.07) is 3.28. The van der Waals surface area contributed by atoms with Gasteiger partial charge >= 0.3 is 0 Å². The predicted molar refractivity (Wildman–Crippen MR) is 75.8 cm³/mol. The van der Waals surface area contributed by atoms with E-state index in [1.54, 1.807) is 6.07 Å². The number of phenolic OH excluding ortho intramolecular Hbond substituents is 1. The van der Waals surface area contributed by atoms with Crippen molar-refractivity contribution in [1.82, 2.24) is 0 Å². The lowest BCUT2D eigenvalue weighted by atomic mass is 9.95. The zero-order chi connectivity index (χ0) is 13.3. The number of phenols is 1. The van der Waals surface area contributed by atoms with Crippen molar-refractivity contribution in [2.75, 3.05) is 0 Å². The maximum atomic E-state index is 11.5. The van der Waals surface area contributed by atoms with Crippen LogP contribution in [0.3, 0.4) is 0 Å². The molecule has 1 saturated carbocycles. The molecule has 2 rings (SSSR count). The lowest BCUT2D eigenvalue weighted by molar-refractivity contribution is 0.451. The minimum absolute atomic E-state index is 0. The summed E-state index contributed by atoms with van der Waals surface area (Å²) in [6.07, 6.45) is 4.38. The van der Waals surface area contributed by atoms with E-state index in [1.165, 1.54) is 6.07 Å². The highest BCUT2D eigenvalue weighted by Gasteiger charge is 2.23. The van der Waals surface area contributed by atoms with Crippen LogP contribution in [-0.4, -0.2) is 13.5 Å². The molecule has 0 bridgehead atoms. The topological polar surface area (TPSA) is 106 Å². The first-order chi connectivity index (χ1) is 8.43. The van der Waals surface area contributed by atoms with E-state index in [0.29, 0.717) is 11.5 Å². The zero-order valence-electron chi connectivity index (χ0n) is 10.5. The van der Waals surface area contributed by atoms with Crippen LogP contribution in [0.15, 0.2) is 17.0 Å². The first-order valence-electron chi connectivity index (χ1n) is 6.02. The molecule has 1 fully saturated rings. The largest absolute Gasteiger partial charge is 0.506 e. The summed E-state index contributed by atoms with van der Waals surface area (Å²) in [7, 11) is -3.92. The van der Waals surface area contributed by atoms with Crippen molar-refractivity contribution in [3.05, 3.63) is 23.3 Å². The van der Waals surface area contributed by atoms with Gasteiger partial charge in [-0.25, -0.2) is 13.6 Å². The Bertz CT molecular complexity index is 554. The normalized spacial score (nSPS) is 16.3. The van der Waals surface area contributed by atoms with Crippen molar-refractivity contribution in [1.29, 1.82) is 0 Å². The average Bonchev–Trinajstić information content (AvgIpc) is 2.81. The zero-order valence-corrected chi connectivity index (χ0v) is 12.1. The van der Waals surface area contributed by atoms with Crippen LogP contribution >= 0.6 is 12.4 Å². The van der Waals surface area contributed by atoms with Gasteiger partial charge in [0.1, 0.15) is 10.6 Å². The standard InChI is InChI=1S/C12H18N2O3S.ClH/c13-7-10-5-9(8-3-1-2-4-8)6-11(12(10)15)18(14,16)17;/h5-6,8,15H,1-4,7,13H2,(H2,14,16,17);1H. The second-order valence-electron chi connectivity index (χ2n) is 4.76. The number of nitrogens with two attached hydrogens (primary N) is 2. The van der Waals surface area contributed by atoms with Crippen molar-refractivity contribution in [2.24, 2.45) is 10.9 Å². The number of benzene rings is 1.